The second-order valence-corrected chi connectivity index (χ2v) is 6.45. The van der Waals surface area contributed by atoms with Gasteiger partial charge in [0.2, 0.25) is 0 Å². The molecule has 1 N–H and O–H groups in total. The average Bonchev–Trinajstić information content (AvgIpc) is 2.92. The van der Waals surface area contributed by atoms with E-state index >= 15 is 0 Å². The van der Waals surface area contributed by atoms with Gasteiger partial charge >= 0.3 is 0 Å². The predicted octanol–water partition coefficient (Wildman–Crippen LogP) is 2.55. The zero-order valence-electron chi connectivity index (χ0n) is 12.6. The summed E-state index contributed by atoms with van der Waals surface area (Å²) >= 11 is 6.22. The Bertz CT molecular complexity index is 461. The molecule has 0 aromatic heterocycles. The van der Waals surface area contributed by atoms with E-state index in [1.807, 2.05) is 0 Å². The van der Waals surface area contributed by atoms with Gasteiger partial charge in [-0.05, 0) is 30.5 Å². The molecule has 0 saturated carbocycles. The zero-order chi connectivity index (χ0) is 13.9. The average molecular weight is 330 g/mol. The van der Waals surface area contributed by atoms with E-state index < -0.39 is 0 Å². The number of benzene rings is 1. The smallest absolute Gasteiger partial charge is 0.0438 e. The fraction of sp³-hybridized carbons (Fsp3) is 0.625. The van der Waals surface area contributed by atoms with Gasteiger partial charge in [-0.3, -0.25) is 9.80 Å². The van der Waals surface area contributed by atoms with E-state index in [0.717, 1.165) is 36.3 Å². The van der Waals surface area contributed by atoms with Gasteiger partial charge in [0.25, 0.3) is 0 Å². The quantitative estimate of drug-likeness (QED) is 0.919. The molecule has 2 aliphatic heterocycles. The number of likely N-dealkylation sites (tertiary alicyclic amines) is 1. The Labute approximate surface area is 139 Å². The van der Waals surface area contributed by atoms with Gasteiger partial charge < -0.3 is 5.32 Å². The molecule has 3 rings (SSSR count). The maximum Gasteiger partial charge on any atom is 0.0438 e. The van der Waals surface area contributed by atoms with Crippen LogP contribution in [-0.2, 0) is 6.54 Å². The Hall–Kier alpha value is -0.320. The minimum Gasteiger partial charge on any atom is -0.314 e. The van der Waals surface area contributed by atoms with Crippen molar-refractivity contribution in [3.05, 3.63) is 34.3 Å². The third kappa shape index (κ3) is 4.33. The number of nitrogens with one attached hydrogen (secondary N) is 1. The van der Waals surface area contributed by atoms with Gasteiger partial charge in [-0.25, -0.2) is 0 Å². The van der Waals surface area contributed by atoms with Crippen molar-refractivity contribution in [3.8, 4) is 0 Å². The van der Waals surface area contributed by atoms with Crippen LogP contribution < -0.4 is 5.32 Å². The number of nitrogens with zero attached hydrogens (tertiary/aromatic N) is 2. The van der Waals surface area contributed by atoms with E-state index in [9.17, 15) is 0 Å². The first-order chi connectivity index (χ1) is 9.72. The fourth-order valence-corrected chi connectivity index (χ4v) is 3.50. The van der Waals surface area contributed by atoms with Gasteiger partial charge in [0.1, 0.15) is 0 Å². The molecule has 2 fully saturated rings. The molecule has 0 amide bonds. The molecule has 1 aromatic carbocycles. The lowest BCUT2D eigenvalue weighted by atomic mass is 10.1. The van der Waals surface area contributed by atoms with Gasteiger partial charge in [-0.1, -0.05) is 23.7 Å². The largest absolute Gasteiger partial charge is 0.314 e. The first-order valence-corrected chi connectivity index (χ1v) is 8.02. The Morgan fingerprint density at radius 3 is 2.71 bits per heavy atom. The number of hydrogen-bond donors (Lipinski definition) is 1. The second-order valence-electron chi connectivity index (χ2n) is 6.05. The Morgan fingerprint density at radius 2 is 2.00 bits per heavy atom. The highest BCUT2D eigenvalue weighted by atomic mass is 35.5. The van der Waals surface area contributed by atoms with E-state index in [4.69, 9.17) is 11.6 Å². The van der Waals surface area contributed by atoms with Crippen LogP contribution >= 0.6 is 24.0 Å². The molecule has 1 unspecified atom stereocenters. The van der Waals surface area contributed by atoms with Crippen LogP contribution in [0.3, 0.4) is 0 Å². The molecule has 2 saturated heterocycles. The molecule has 0 bridgehead atoms. The lowest BCUT2D eigenvalue weighted by molar-refractivity contribution is 0.170. The molecule has 0 spiro atoms. The molecule has 2 heterocycles. The molecular formula is C16H25Cl2N3. The van der Waals surface area contributed by atoms with Crippen molar-refractivity contribution in [1.29, 1.82) is 0 Å². The molecule has 1 aromatic rings. The third-order valence-electron chi connectivity index (χ3n) is 4.56. The lowest BCUT2D eigenvalue weighted by Crippen LogP contribution is -2.49. The summed E-state index contributed by atoms with van der Waals surface area (Å²) in [5.41, 5.74) is 2.50. The number of piperazine rings is 1. The molecule has 0 aliphatic carbocycles. The van der Waals surface area contributed by atoms with E-state index in [2.05, 4.69) is 40.2 Å². The highest BCUT2D eigenvalue weighted by Crippen LogP contribution is 2.21. The van der Waals surface area contributed by atoms with Crippen LogP contribution in [0, 0.1) is 6.92 Å². The first kappa shape index (κ1) is 17.0. The highest BCUT2D eigenvalue weighted by molar-refractivity contribution is 6.31. The number of hydrogen-bond acceptors (Lipinski definition) is 3. The highest BCUT2D eigenvalue weighted by Gasteiger charge is 2.28. The Balaban J connectivity index is 0.00000161. The fourth-order valence-electron chi connectivity index (χ4n) is 3.29. The van der Waals surface area contributed by atoms with Crippen molar-refractivity contribution >= 4 is 24.0 Å². The third-order valence-corrected chi connectivity index (χ3v) is 4.97. The molecule has 1 atom stereocenters. The summed E-state index contributed by atoms with van der Waals surface area (Å²) in [6, 6.07) is 7.20. The van der Waals surface area contributed by atoms with E-state index in [0.29, 0.717) is 0 Å². The molecular weight excluding hydrogens is 305 g/mol. The molecule has 0 radical (unpaired) electrons. The molecule has 21 heavy (non-hydrogen) atoms. The summed E-state index contributed by atoms with van der Waals surface area (Å²) in [4.78, 5) is 5.21. The minimum absolute atomic E-state index is 0. The molecule has 3 nitrogen and oxygen atoms in total. The Kier molecular flexibility index (Phi) is 6.33. The minimum atomic E-state index is 0. The standard InChI is InChI=1S/C16H24ClN3.ClH/c1-13-2-3-14(10-16(13)17)11-19-7-4-15(12-19)20-8-5-18-6-9-20;/h2-3,10,15,18H,4-9,11-12H2,1H3;1H. The van der Waals surface area contributed by atoms with E-state index in [-0.39, 0.29) is 12.4 Å². The molecule has 118 valence electrons. The van der Waals surface area contributed by atoms with Crippen molar-refractivity contribution < 1.29 is 0 Å². The van der Waals surface area contributed by atoms with Crippen LogP contribution in [0.15, 0.2) is 18.2 Å². The Morgan fingerprint density at radius 1 is 1.24 bits per heavy atom. The van der Waals surface area contributed by atoms with Crippen molar-refractivity contribution in [3.63, 3.8) is 0 Å². The van der Waals surface area contributed by atoms with Crippen LogP contribution in [0.1, 0.15) is 17.5 Å². The van der Waals surface area contributed by atoms with E-state index in [1.165, 1.54) is 38.2 Å². The van der Waals surface area contributed by atoms with Gasteiger partial charge in [-0.2, -0.15) is 0 Å². The van der Waals surface area contributed by atoms with Crippen molar-refractivity contribution in [2.24, 2.45) is 0 Å². The molecule has 2 aliphatic rings. The van der Waals surface area contributed by atoms with E-state index in [1.54, 1.807) is 0 Å². The normalized spacial score (nSPS) is 24.0. The van der Waals surface area contributed by atoms with Gasteiger partial charge in [-0.15, -0.1) is 12.4 Å². The topological polar surface area (TPSA) is 18.5 Å². The summed E-state index contributed by atoms with van der Waals surface area (Å²) in [5.74, 6) is 0. The SMILES string of the molecule is Cc1ccc(CN2CCC(N3CCNCC3)C2)cc1Cl.Cl. The molecule has 5 heteroatoms. The zero-order valence-corrected chi connectivity index (χ0v) is 14.2. The van der Waals surface area contributed by atoms with Gasteiger partial charge in [0, 0.05) is 56.9 Å². The maximum absolute atomic E-state index is 6.22. The second kappa shape index (κ2) is 7.80. The van der Waals surface area contributed by atoms with Crippen molar-refractivity contribution in [1.82, 2.24) is 15.1 Å². The summed E-state index contributed by atoms with van der Waals surface area (Å²) < 4.78 is 0. The van der Waals surface area contributed by atoms with Crippen LogP contribution in [0.2, 0.25) is 5.02 Å². The van der Waals surface area contributed by atoms with Crippen molar-refractivity contribution in [2.75, 3.05) is 39.3 Å². The maximum atomic E-state index is 6.22. The van der Waals surface area contributed by atoms with Crippen LogP contribution in [0.5, 0.6) is 0 Å². The van der Waals surface area contributed by atoms with Crippen LogP contribution in [-0.4, -0.2) is 55.1 Å². The number of rotatable bonds is 3. The summed E-state index contributed by atoms with van der Waals surface area (Å²) in [6.45, 7) is 10.2. The monoisotopic (exact) mass is 329 g/mol. The summed E-state index contributed by atoms with van der Waals surface area (Å²) in [6.07, 6.45) is 1.31. The van der Waals surface area contributed by atoms with Crippen molar-refractivity contribution in [2.45, 2.75) is 25.9 Å². The van der Waals surface area contributed by atoms with Crippen LogP contribution in [0.25, 0.3) is 0 Å². The number of halogens is 2. The van der Waals surface area contributed by atoms with Crippen LogP contribution in [0.4, 0.5) is 0 Å². The summed E-state index contributed by atoms with van der Waals surface area (Å²) in [7, 11) is 0. The van der Waals surface area contributed by atoms with Gasteiger partial charge in [0.05, 0.1) is 0 Å². The lowest BCUT2D eigenvalue weighted by Gasteiger charge is -2.32. The van der Waals surface area contributed by atoms with Gasteiger partial charge in [0.15, 0.2) is 0 Å². The number of aryl methyl sites for hydroxylation is 1. The predicted molar refractivity (Wildman–Crippen MR) is 91.6 cm³/mol. The first-order valence-electron chi connectivity index (χ1n) is 7.64. The summed E-state index contributed by atoms with van der Waals surface area (Å²) in [5, 5.41) is 4.32.